The molecule has 3 heterocycles. The monoisotopic (exact) mass is 384 g/mol. The third-order valence-electron chi connectivity index (χ3n) is 5.07. The highest BCUT2D eigenvalue weighted by molar-refractivity contribution is 5.76. The second kappa shape index (κ2) is 7.69. The number of nitrogens with zero attached hydrogens (tertiary/aromatic N) is 6. The summed E-state index contributed by atoms with van der Waals surface area (Å²) in [5.74, 6) is 2.27. The number of hydrogen-bond donors (Lipinski definition) is 0. The van der Waals surface area contributed by atoms with Crippen molar-refractivity contribution in [2.24, 2.45) is 7.05 Å². The second-order valence-corrected chi connectivity index (χ2v) is 6.91. The molecule has 3 rings (SSSR count). The van der Waals surface area contributed by atoms with E-state index in [4.69, 9.17) is 0 Å². The van der Waals surface area contributed by atoms with Crippen LogP contribution >= 0.6 is 0 Å². The lowest BCUT2D eigenvalue weighted by Gasteiger charge is -2.31. The van der Waals surface area contributed by atoms with Gasteiger partial charge in [0.25, 0.3) is 0 Å². The van der Waals surface area contributed by atoms with E-state index in [1.807, 2.05) is 29.3 Å². The van der Waals surface area contributed by atoms with Gasteiger partial charge in [-0.1, -0.05) is 0 Å². The molecule has 27 heavy (non-hydrogen) atoms. The number of hydrogen-bond acceptors (Lipinski definition) is 4. The van der Waals surface area contributed by atoms with Gasteiger partial charge in [-0.15, -0.1) is 10.2 Å². The molecule has 0 atom stereocenters. The number of piperidine rings is 1. The maximum absolute atomic E-state index is 12.3. The van der Waals surface area contributed by atoms with Crippen LogP contribution in [0.25, 0.3) is 0 Å². The fraction of sp³-hybridized carbons (Fsp3) is 0.647. The summed E-state index contributed by atoms with van der Waals surface area (Å²) in [5.41, 5.74) is 0. The molecule has 0 aliphatic carbocycles. The van der Waals surface area contributed by atoms with Crippen molar-refractivity contribution in [2.75, 3.05) is 13.1 Å². The number of halogens is 3. The molecule has 0 spiro atoms. The Labute approximate surface area is 155 Å². The first-order valence-corrected chi connectivity index (χ1v) is 8.95. The van der Waals surface area contributed by atoms with Gasteiger partial charge in [-0.05, 0) is 19.8 Å². The quantitative estimate of drug-likeness (QED) is 0.794. The van der Waals surface area contributed by atoms with E-state index in [1.165, 1.54) is 4.90 Å². The lowest BCUT2D eigenvalue weighted by atomic mass is 9.95. The summed E-state index contributed by atoms with van der Waals surface area (Å²) < 4.78 is 40.8. The zero-order valence-corrected chi connectivity index (χ0v) is 15.4. The normalized spacial score (nSPS) is 16.1. The number of alkyl halides is 3. The summed E-state index contributed by atoms with van der Waals surface area (Å²) >= 11 is 0. The lowest BCUT2D eigenvalue weighted by Crippen LogP contribution is -2.38. The van der Waals surface area contributed by atoms with Crippen LogP contribution < -0.4 is 0 Å². The lowest BCUT2D eigenvalue weighted by molar-refractivity contribution is -0.149. The van der Waals surface area contributed by atoms with Crippen LogP contribution in [0, 0.1) is 6.92 Å². The Morgan fingerprint density at radius 1 is 1.26 bits per heavy atom. The summed E-state index contributed by atoms with van der Waals surface area (Å²) in [5, 5.41) is 8.59. The van der Waals surface area contributed by atoms with Gasteiger partial charge < -0.3 is 14.0 Å². The number of rotatable bonds is 5. The SMILES string of the molecule is Cc1nccn1Cc1nnc(C2CCN(C(=O)CCC(F)(F)F)CC2)n1C. The molecule has 0 unspecified atom stereocenters. The van der Waals surface area contributed by atoms with Crippen molar-refractivity contribution in [3.63, 3.8) is 0 Å². The minimum atomic E-state index is -4.30. The predicted molar refractivity (Wildman–Crippen MR) is 90.9 cm³/mol. The van der Waals surface area contributed by atoms with Crippen LogP contribution in [0.15, 0.2) is 12.4 Å². The highest BCUT2D eigenvalue weighted by atomic mass is 19.4. The number of carbonyl (C=O) groups excluding carboxylic acids is 1. The van der Waals surface area contributed by atoms with Gasteiger partial charge in [-0.25, -0.2) is 4.98 Å². The molecular formula is C17H23F3N6O. The average Bonchev–Trinajstić information content (AvgIpc) is 3.19. The van der Waals surface area contributed by atoms with Crippen LogP contribution in [-0.4, -0.2) is 54.4 Å². The highest BCUT2D eigenvalue weighted by Crippen LogP contribution is 2.28. The van der Waals surface area contributed by atoms with E-state index in [9.17, 15) is 18.0 Å². The summed E-state index contributed by atoms with van der Waals surface area (Å²) in [6.07, 6.45) is -0.871. The Bertz CT molecular complexity index is 789. The van der Waals surface area contributed by atoms with Gasteiger partial charge in [0.15, 0.2) is 5.82 Å². The average molecular weight is 384 g/mol. The van der Waals surface area contributed by atoms with Gasteiger partial charge in [0.1, 0.15) is 11.6 Å². The van der Waals surface area contributed by atoms with Crippen molar-refractivity contribution < 1.29 is 18.0 Å². The number of aryl methyl sites for hydroxylation is 1. The minimum absolute atomic E-state index is 0.145. The molecule has 1 amide bonds. The molecule has 7 nitrogen and oxygen atoms in total. The molecule has 0 N–H and O–H groups in total. The van der Waals surface area contributed by atoms with Gasteiger partial charge in [0, 0.05) is 44.9 Å². The van der Waals surface area contributed by atoms with Gasteiger partial charge >= 0.3 is 6.18 Å². The maximum atomic E-state index is 12.3. The molecule has 148 valence electrons. The van der Waals surface area contributed by atoms with Crippen molar-refractivity contribution >= 4 is 5.91 Å². The zero-order valence-electron chi connectivity index (χ0n) is 15.4. The fourth-order valence-electron chi connectivity index (χ4n) is 3.39. The van der Waals surface area contributed by atoms with Gasteiger partial charge in [0.05, 0.1) is 13.0 Å². The summed E-state index contributed by atoms with van der Waals surface area (Å²) in [6.45, 7) is 3.39. The second-order valence-electron chi connectivity index (χ2n) is 6.91. The molecule has 0 aromatic carbocycles. The first kappa shape index (κ1) is 19.4. The molecule has 2 aromatic rings. The first-order valence-electron chi connectivity index (χ1n) is 8.95. The van der Waals surface area contributed by atoms with Crippen LogP contribution in [0.4, 0.5) is 13.2 Å². The topological polar surface area (TPSA) is 68.8 Å². The Hall–Kier alpha value is -2.39. The number of aromatic nitrogens is 5. The molecule has 10 heteroatoms. The molecule has 2 aromatic heterocycles. The third kappa shape index (κ3) is 4.67. The van der Waals surface area contributed by atoms with E-state index in [0.717, 1.165) is 17.5 Å². The van der Waals surface area contributed by atoms with Crippen LogP contribution in [0.2, 0.25) is 0 Å². The zero-order chi connectivity index (χ0) is 19.6. The van der Waals surface area contributed by atoms with Crippen molar-refractivity contribution in [3.8, 4) is 0 Å². The largest absolute Gasteiger partial charge is 0.389 e. The highest BCUT2D eigenvalue weighted by Gasteiger charge is 2.31. The Balaban J connectivity index is 1.57. The van der Waals surface area contributed by atoms with Crippen molar-refractivity contribution in [1.82, 2.24) is 29.2 Å². The van der Waals surface area contributed by atoms with Crippen LogP contribution in [0.3, 0.4) is 0 Å². The van der Waals surface area contributed by atoms with Gasteiger partial charge in [-0.2, -0.15) is 13.2 Å². The van der Waals surface area contributed by atoms with Gasteiger partial charge in [-0.3, -0.25) is 4.79 Å². The summed E-state index contributed by atoms with van der Waals surface area (Å²) in [7, 11) is 1.91. The molecule has 0 bridgehead atoms. The Morgan fingerprint density at radius 2 is 1.96 bits per heavy atom. The molecule has 1 aliphatic heterocycles. The molecule has 1 fully saturated rings. The van der Waals surface area contributed by atoms with E-state index in [1.54, 1.807) is 6.20 Å². The first-order chi connectivity index (χ1) is 12.7. The number of imidazole rings is 1. The molecule has 1 saturated heterocycles. The molecule has 0 radical (unpaired) electrons. The van der Waals surface area contributed by atoms with Crippen molar-refractivity contribution in [3.05, 3.63) is 29.9 Å². The smallest absolute Gasteiger partial charge is 0.343 e. The van der Waals surface area contributed by atoms with Crippen LogP contribution in [0.1, 0.15) is 49.1 Å². The van der Waals surface area contributed by atoms with Crippen LogP contribution in [0.5, 0.6) is 0 Å². The molecule has 0 saturated carbocycles. The van der Waals surface area contributed by atoms with E-state index in [0.29, 0.717) is 32.5 Å². The van der Waals surface area contributed by atoms with Crippen LogP contribution in [-0.2, 0) is 18.4 Å². The van der Waals surface area contributed by atoms with E-state index in [-0.39, 0.29) is 5.92 Å². The number of amides is 1. The Kier molecular flexibility index (Phi) is 5.52. The Morgan fingerprint density at radius 3 is 2.56 bits per heavy atom. The van der Waals surface area contributed by atoms with E-state index in [2.05, 4.69) is 15.2 Å². The minimum Gasteiger partial charge on any atom is -0.343 e. The summed E-state index contributed by atoms with van der Waals surface area (Å²) in [4.78, 5) is 17.7. The third-order valence-corrected chi connectivity index (χ3v) is 5.07. The predicted octanol–water partition coefficient (Wildman–Crippen LogP) is 2.42. The molecular weight excluding hydrogens is 361 g/mol. The standard InChI is InChI=1S/C17H23F3N6O/c1-12-21-7-10-26(12)11-14-22-23-16(24(14)2)13-4-8-25(9-5-13)15(27)3-6-17(18,19)20/h7,10,13H,3-6,8-9,11H2,1-2H3. The fourth-order valence-corrected chi connectivity index (χ4v) is 3.39. The number of carbonyl (C=O) groups is 1. The molecule has 1 aliphatic rings. The van der Waals surface area contributed by atoms with E-state index >= 15 is 0 Å². The summed E-state index contributed by atoms with van der Waals surface area (Å²) in [6, 6.07) is 0. The number of likely N-dealkylation sites (tertiary alicyclic amines) is 1. The van der Waals surface area contributed by atoms with E-state index < -0.39 is 24.9 Å². The van der Waals surface area contributed by atoms with Crippen molar-refractivity contribution in [2.45, 2.75) is 51.2 Å². The van der Waals surface area contributed by atoms with Crippen molar-refractivity contribution in [1.29, 1.82) is 0 Å². The maximum Gasteiger partial charge on any atom is 0.389 e. The van der Waals surface area contributed by atoms with Gasteiger partial charge in [0.2, 0.25) is 5.91 Å².